The Labute approximate surface area is 347 Å². The molecule has 58 heavy (non-hydrogen) atoms. The molecule has 13 heteroatoms. The summed E-state index contributed by atoms with van der Waals surface area (Å²) < 4.78 is 17.9. The number of ketones is 2. The lowest BCUT2D eigenvalue weighted by Crippen LogP contribution is -2.64. The average molecular weight is 818 g/mol. The largest absolute Gasteiger partial charge is 0.480 e. The topological polar surface area (TPSA) is 185 Å². The number of hydrogen-bond donors (Lipinski definition) is 3. The van der Waals surface area contributed by atoms with Gasteiger partial charge in [-0.2, -0.15) is 10.2 Å². The number of piperidine rings is 1. The molecule has 1 saturated carbocycles. The number of aliphatic hydroxyl groups excluding tert-OH is 1. The molecule has 10 unspecified atom stereocenters. The Morgan fingerprint density at radius 2 is 1.60 bits per heavy atom. The zero-order valence-corrected chi connectivity index (χ0v) is 37.1. The first-order valence-corrected chi connectivity index (χ1v) is 21.8. The number of amides is 1. The monoisotopic (exact) mass is 818 g/mol. The van der Waals surface area contributed by atoms with Gasteiger partial charge in [-0.1, -0.05) is 46.3 Å². The number of hydrogen-bond acceptors (Lipinski definition) is 11. The number of carbonyl (C=O) groups is 4. The fraction of sp³-hybridized carbons (Fsp3) is 0.822. The van der Waals surface area contributed by atoms with E-state index in [1.807, 2.05) is 20.8 Å². The maximum atomic E-state index is 13.7. The zero-order chi connectivity index (χ0) is 43.3. The van der Waals surface area contributed by atoms with E-state index in [1.54, 1.807) is 14.0 Å². The molecule has 13 nitrogen and oxygen atoms in total. The Morgan fingerprint density at radius 3 is 2.19 bits per heavy atom. The Bertz CT molecular complexity index is 1470. The van der Waals surface area contributed by atoms with E-state index in [9.17, 15) is 34.5 Å². The van der Waals surface area contributed by atoms with Gasteiger partial charge >= 0.3 is 5.97 Å². The number of Topliss-reactive ketones (excluding diaryl/α,β-unsaturated/α-hetero) is 2. The molecule has 3 fully saturated rings. The summed E-state index contributed by atoms with van der Waals surface area (Å²) in [4.78, 5) is 53.8. The summed E-state index contributed by atoms with van der Waals surface area (Å²) in [7, 11) is 3.09. The van der Waals surface area contributed by atoms with Crippen LogP contribution in [0.25, 0.3) is 0 Å². The first kappa shape index (κ1) is 49.5. The molecule has 2 heterocycles. The fourth-order valence-corrected chi connectivity index (χ4v) is 9.36. The highest BCUT2D eigenvalue weighted by Gasteiger charge is 2.56. The minimum Gasteiger partial charge on any atom is -0.480 e. The lowest BCUT2D eigenvalue weighted by atomic mass is 9.80. The Morgan fingerprint density at radius 1 is 0.948 bits per heavy atom. The van der Waals surface area contributed by atoms with E-state index in [0.29, 0.717) is 31.6 Å². The Balaban J connectivity index is 1.68. The van der Waals surface area contributed by atoms with Crippen LogP contribution in [0, 0.1) is 35.5 Å². The van der Waals surface area contributed by atoms with Crippen LogP contribution in [0.4, 0.5) is 0 Å². The summed E-state index contributed by atoms with van der Waals surface area (Å²) in [5, 5.41) is 40.4. The van der Waals surface area contributed by atoms with Crippen molar-refractivity contribution >= 4 is 34.9 Å². The molecule has 1 aliphatic carbocycles. The van der Waals surface area contributed by atoms with Crippen LogP contribution in [-0.2, 0) is 33.4 Å². The lowest BCUT2D eigenvalue weighted by Gasteiger charge is -2.47. The summed E-state index contributed by atoms with van der Waals surface area (Å²) in [6.07, 6.45) is 9.33. The summed E-state index contributed by atoms with van der Waals surface area (Å²) in [5.74, 6) is -5.80. The van der Waals surface area contributed by atoms with Crippen LogP contribution in [0.15, 0.2) is 21.9 Å². The van der Waals surface area contributed by atoms with Gasteiger partial charge in [0.15, 0.2) is 0 Å². The van der Waals surface area contributed by atoms with E-state index in [0.717, 1.165) is 61.3 Å². The van der Waals surface area contributed by atoms with E-state index in [4.69, 9.17) is 14.2 Å². The molecule has 330 valence electrons. The first-order valence-electron chi connectivity index (χ1n) is 21.8. The van der Waals surface area contributed by atoms with Crippen LogP contribution in [0.2, 0.25) is 0 Å². The number of carboxylic acid groups (broad SMARTS) is 1. The Hall–Kier alpha value is -2.84. The maximum absolute atomic E-state index is 13.7. The van der Waals surface area contributed by atoms with Crippen LogP contribution in [-0.4, -0.2) is 112 Å². The number of aliphatic carboxylic acids is 1. The second-order valence-corrected chi connectivity index (χ2v) is 18.1. The molecule has 2 saturated heterocycles. The van der Waals surface area contributed by atoms with Gasteiger partial charge in [0.25, 0.3) is 11.7 Å². The highest BCUT2D eigenvalue weighted by molar-refractivity contribution is 6.39. The Kier molecular flexibility index (Phi) is 19.8. The zero-order valence-electron chi connectivity index (χ0n) is 37.1. The molecule has 3 aliphatic rings. The molecule has 10 atom stereocenters. The van der Waals surface area contributed by atoms with E-state index >= 15 is 0 Å². The molecule has 0 radical (unpaired) electrons. The second kappa shape index (κ2) is 23.2. The number of nitrogens with zero attached hydrogens (tertiary/aromatic N) is 3. The van der Waals surface area contributed by atoms with Crippen molar-refractivity contribution in [1.29, 1.82) is 0 Å². The SMILES string of the molecule is CCC(CC(C)CC(C)CC(OC)C1OC(O)(C(=O)C(=O)N2CCCCC2C(=O)O)C(C)CC1OC)/C(CC(=O)C(C)CC(C)=CC1CCC(O)CC1)=N/N=C(C)C. The van der Waals surface area contributed by atoms with Crippen molar-refractivity contribution in [2.75, 3.05) is 20.8 Å². The molecule has 0 spiro atoms. The third-order valence-electron chi connectivity index (χ3n) is 12.7. The molecule has 3 N–H and O–H groups in total. The smallest absolute Gasteiger partial charge is 0.326 e. The molecule has 0 aromatic carbocycles. The van der Waals surface area contributed by atoms with Crippen molar-refractivity contribution in [3.05, 3.63) is 11.6 Å². The summed E-state index contributed by atoms with van der Waals surface area (Å²) in [6, 6.07) is -1.13. The molecule has 0 bridgehead atoms. The van der Waals surface area contributed by atoms with Crippen molar-refractivity contribution < 1.29 is 48.7 Å². The molecule has 0 aromatic heterocycles. The van der Waals surface area contributed by atoms with Crippen LogP contribution in [0.5, 0.6) is 0 Å². The fourth-order valence-electron chi connectivity index (χ4n) is 9.36. The summed E-state index contributed by atoms with van der Waals surface area (Å²) >= 11 is 0. The van der Waals surface area contributed by atoms with Gasteiger partial charge in [-0.25, -0.2) is 4.79 Å². The number of carboxylic acids is 1. The van der Waals surface area contributed by atoms with Gasteiger partial charge < -0.3 is 34.4 Å². The van der Waals surface area contributed by atoms with Gasteiger partial charge in [-0.15, -0.1) is 0 Å². The quantitative estimate of drug-likeness (QED) is 0.0474. The first-order chi connectivity index (χ1) is 27.3. The van der Waals surface area contributed by atoms with Gasteiger partial charge in [0, 0.05) is 44.7 Å². The van der Waals surface area contributed by atoms with Crippen molar-refractivity contribution in [2.45, 2.75) is 182 Å². The molecular formula is C45H75N3O10. The van der Waals surface area contributed by atoms with Gasteiger partial charge in [0.1, 0.15) is 17.9 Å². The predicted molar refractivity (Wildman–Crippen MR) is 224 cm³/mol. The third-order valence-corrected chi connectivity index (χ3v) is 12.7. The number of rotatable bonds is 21. The van der Waals surface area contributed by atoms with Crippen LogP contribution >= 0.6 is 0 Å². The van der Waals surface area contributed by atoms with Crippen molar-refractivity contribution in [2.24, 2.45) is 45.7 Å². The van der Waals surface area contributed by atoms with Gasteiger partial charge in [-0.3, -0.25) is 14.4 Å². The number of carbonyl (C=O) groups excluding carboxylic acids is 3. The minimum atomic E-state index is -2.47. The number of ether oxygens (including phenoxy) is 3. The van der Waals surface area contributed by atoms with Crippen molar-refractivity contribution in [1.82, 2.24) is 4.90 Å². The summed E-state index contributed by atoms with van der Waals surface area (Å²) in [6.45, 7) is 16.1. The molecule has 0 aromatic rings. The summed E-state index contributed by atoms with van der Waals surface area (Å²) in [5.41, 5.74) is 2.84. The van der Waals surface area contributed by atoms with E-state index in [2.05, 4.69) is 44.0 Å². The van der Waals surface area contributed by atoms with Gasteiger partial charge in [0.2, 0.25) is 5.79 Å². The molecule has 1 amide bonds. The van der Waals surface area contributed by atoms with E-state index in [-0.39, 0.29) is 61.4 Å². The van der Waals surface area contributed by atoms with Crippen molar-refractivity contribution in [3.8, 4) is 0 Å². The lowest BCUT2D eigenvalue weighted by molar-refractivity contribution is -0.302. The normalized spacial score (nSPS) is 29.8. The highest BCUT2D eigenvalue weighted by Crippen LogP contribution is 2.39. The maximum Gasteiger partial charge on any atom is 0.326 e. The number of likely N-dealkylation sites (tertiary alicyclic amines) is 1. The van der Waals surface area contributed by atoms with E-state index < -0.39 is 53.7 Å². The highest BCUT2D eigenvalue weighted by atomic mass is 16.7. The van der Waals surface area contributed by atoms with Crippen LogP contribution < -0.4 is 0 Å². The molecule has 2 aliphatic heterocycles. The molecular weight excluding hydrogens is 743 g/mol. The van der Waals surface area contributed by atoms with Crippen LogP contribution in [0.1, 0.15) is 145 Å². The van der Waals surface area contributed by atoms with Gasteiger partial charge in [0.05, 0.1) is 24.0 Å². The second-order valence-electron chi connectivity index (χ2n) is 18.1. The number of methoxy groups -OCH3 is 2. The number of aliphatic hydroxyl groups is 2. The van der Waals surface area contributed by atoms with Gasteiger partial charge in [-0.05, 0) is 128 Å². The van der Waals surface area contributed by atoms with E-state index in [1.165, 1.54) is 12.7 Å². The van der Waals surface area contributed by atoms with Crippen molar-refractivity contribution in [3.63, 3.8) is 0 Å². The predicted octanol–water partition coefficient (Wildman–Crippen LogP) is 6.95. The molecule has 3 rings (SSSR count). The minimum absolute atomic E-state index is 0.0604. The standard InChI is InChI=1S/C45H75N3O10/c1-11-34(36(47-46-27(2)3)26-38(50)31(7)21-30(6)22-33-15-17-35(49)18-16-33)23-28(4)20-29(5)24-39(56-9)41-40(57-10)25-32(8)45(55,58-41)42(51)43(52)48-19-13-12-14-37(48)44(53)54/h22,28-29,31-35,37,39-41,49,55H,11-21,23-26H2,1-10H3,(H,53,54)/b30-22?,47-36+. The number of allylic oxidation sites excluding steroid dienone is 2. The van der Waals surface area contributed by atoms with Crippen LogP contribution in [0.3, 0.4) is 0 Å². The third kappa shape index (κ3) is 13.9. The average Bonchev–Trinajstić information content (AvgIpc) is 3.18.